The summed E-state index contributed by atoms with van der Waals surface area (Å²) >= 11 is 0. The Morgan fingerprint density at radius 2 is 1.97 bits per heavy atom. The molecule has 2 aromatic rings. The first-order valence-electron chi connectivity index (χ1n) is 13.1. The van der Waals surface area contributed by atoms with Crippen LogP contribution in [-0.4, -0.2) is 80.1 Å². The van der Waals surface area contributed by atoms with E-state index < -0.39 is 17.6 Å². The standard InChI is InChI=1S/C29H35N3O6/c1-19-8-9-21-13-24(19)38-22-7-4-6-20(12-22)17-37-25-15-32(28(35)29(18-36-3)10-5-11-29)14-23(25)30-26(33)16-31(2)27(21)34/h4,6-9,12-13,23,25H,5,10-11,14-18H2,1-3H3,(H,30,33)/t23-,25-/m0/s1. The molecular formula is C29H35N3O6. The number of rotatable bonds is 3. The fourth-order valence-electron chi connectivity index (χ4n) is 5.51. The number of aryl methyl sites for hydroxylation is 1. The van der Waals surface area contributed by atoms with Crippen molar-refractivity contribution in [2.24, 2.45) is 5.41 Å². The van der Waals surface area contributed by atoms with Crippen LogP contribution in [0.4, 0.5) is 0 Å². The van der Waals surface area contributed by atoms with Crippen LogP contribution in [0.1, 0.15) is 40.7 Å². The molecule has 2 aromatic carbocycles. The maximum Gasteiger partial charge on any atom is 0.254 e. The van der Waals surface area contributed by atoms with Crippen LogP contribution in [0.3, 0.4) is 0 Å². The minimum absolute atomic E-state index is 0.0548. The van der Waals surface area contributed by atoms with Crippen LogP contribution in [0.2, 0.25) is 0 Å². The molecule has 2 heterocycles. The molecular weight excluding hydrogens is 486 g/mol. The number of amides is 3. The zero-order chi connectivity index (χ0) is 26.9. The maximum absolute atomic E-state index is 13.5. The summed E-state index contributed by atoms with van der Waals surface area (Å²) in [6.07, 6.45) is 2.22. The molecule has 3 amide bonds. The van der Waals surface area contributed by atoms with Gasteiger partial charge in [0.2, 0.25) is 11.8 Å². The summed E-state index contributed by atoms with van der Waals surface area (Å²) in [4.78, 5) is 42.8. The van der Waals surface area contributed by atoms with Crippen molar-refractivity contribution in [1.82, 2.24) is 15.1 Å². The van der Waals surface area contributed by atoms with Crippen molar-refractivity contribution in [2.75, 3.05) is 40.4 Å². The van der Waals surface area contributed by atoms with Crippen LogP contribution in [0, 0.1) is 12.3 Å². The highest BCUT2D eigenvalue weighted by molar-refractivity contribution is 5.97. The van der Waals surface area contributed by atoms with Gasteiger partial charge in [-0.3, -0.25) is 14.4 Å². The second kappa shape index (κ2) is 10.7. The molecule has 0 aromatic heterocycles. The smallest absolute Gasteiger partial charge is 0.254 e. The predicted octanol–water partition coefficient (Wildman–Crippen LogP) is 2.90. The summed E-state index contributed by atoms with van der Waals surface area (Å²) < 4.78 is 17.8. The van der Waals surface area contributed by atoms with Crippen molar-refractivity contribution >= 4 is 17.7 Å². The first-order valence-corrected chi connectivity index (χ1v) is 13.1. The fraction of sp³-hybridized carbons (Fsp3) is 0.483. The van der Waals surface area contributed by atoms with Crippen LogP contribution in [0.25, 0.3) is 0 Å². The number of hydrogen-bond donors (Lipinski definition) is 1. The number of methoxy groups -OCH3 is 1. The largest absolute Gasteiger partial charge is 0.457 e. The molecule has 4 bridgehead atoms. The minimum atomic E-state index is -0.488. The van der Waals surface area contributed by atoms with Gasteiger partial charge in [-0.1, -0.05) is 24.6 Å². The summed E-state index contributed by atoms with van der Waals surface area (Å²) in [5.41, 5.74) is 1.74. The molecule has 1 saturated heterocycles. The molecule has 202 valence electrons. The van der Waals surface area contributed by atoms with Gasteiger partial charge in [0.25, 0.3) is 5.91 Å². The Hall–Kier alpha value is -3.43. The maximum atomic E-state index is 13.5. The Bertz CT molecular complexity index is 1230. The van der Waals surface area contributed by atoms with Crippen LogP contribution in [-0.2, 0) is 25.7 Å². The summed E-state index contributed by atoms with van der Waals surface area (Å²) in [5.74, 6) is 0.679. The van der Waals surface area contributed by atoms with Crippen molar-refractivity contribution in [1.29, 1.82) is 0 Å². The number of carbonyl (C=O) groups is 3. The van der Waals surface area contributed by atoms with Gasteiger partial charge in [0, 0.05) is 32.8 Å². The second-order valence-corrected chi connectivity index (χ2v) is 10.7. The number of nitrogens with one attached hydrogen (secondary N) is 1. The molecule has 0 radical (unpaired) electrons. The lowest BCUT2D eigenvalue weighted by atomic mass is 9.68. The molecule has 5 rings (SSSR count). The molecule has 1 saturated carbocycles. The van der Waals surface area contributed by atoms with E-state index in [1.807, 2.05) is 37.3 Å². The third-order valence-electron chi connectivity index (χ3n) is 7.84. The quantitative estimate of drug-likeness (QED) is 0.667. The number of ether oxygens (including phenoxy) is 3. The number of fused-ring (bicyclic) bond motifs is 5. The highest BCUT2D eigenvalue weighted by Gasteiger charge is 2.49. The Morgan fingerprint density at radius 1 is 1.16 bits per heavy atom. The molecule has 9 nitrogen and oxygen atoms in total. The summed E-state index contributed by atoms with van der Waals surface area (Å²) in [7, 11) is 3.22. The third kappa shape index (κ3) is 5.26. The van der Waals surface area contributed by atoms with E-state index in [0.717, 1.165) is 30.4 Å². The number of hydrogen-bond acceptors (Lipinski definition) is 6. The normalized spacial score (nSPS) is 23.2. The number of likely N-dealkylation sites (N-methyl/N-ethyl adjacent to an activating group) is 1. The van der Waals surface area contributed by atoms with Gasteiger partial charge in [-0.15, -0.1) is 0 Å². The van der Waals surface area contributed by atoms with Crippen molar-refractivity contribution in [3.63, 3.8) is 0 Å². The van der Waals surface area contributed by atoms with Gasteiger partial charge >= 0.3 is 0 Å². The lowest BCUT2D eigenvalue weighted by Gasteiger charge is -2.42. The molecule has 2 fully saturated rings. The second-order valence-electron chi connectivity index (χ2n) is 10.7. The van der Waals surface area contributed by atoms with Crippen molar-refractivity contribution < 1.29 is 28.6 Å². The highest BCUT2D eigenvalue weighted by Crippen LogP contribution is 2.43. The molecule has 0 spiro atoms. The first kappa shape index (κ1) is 26.2. The average molecular weight is 522 g/mol. The highest BCUT2D eigenvalue weighted by atomic mass is 16.5. The SMILES string of the molecule is COCC1(C(=O)N2C[C@@H]3NC(=O)CN(C)C(=O)c4ccc(C)c(c4)Oc4cccc(c4)CO[C@H]3C2)CCC1. The van der Waals surface area contributed by atoms with Crippen LogP contribution >= 0.6 is 0 Å². The molecule has 2 aliphatic heterocycles. The number of nitrogens with zero attached hydrogens (tertiary/aromatic N) is 2. The molecule has 1 N–H and O–H groups in total. The zero-order valence-electron chi connectivity index (χ0n) is 22.2. The zero-order valence-corrected chi connectivity index (χ0v) is 22.2. The summed E-state index contributed by atoms with van der Waals surface area (Å²) in [5, 5.41) is 3.03. The van der Waals surface area contributed by atoms with E-state index in [9.17, 15) is 14.4 Å². The lowest BCUT2D eigenvalue weighted by molar-refractivity contribution is -0.151. The Morgan fingerprint density at radius 3 is 2.71 bits per heavy atom. The van der Waals surface area contributed by atoms with Crippen LogP contribution in [0.15, 0.2) is 42.5 Å². The minimum Gasteiger partial charge on any atom is -0.457 e. The number of benzene rings is 2. The molecule has 3 aliphatic rings. The average Bonchev–Trinajstić information content (AvgIpc) is 3.27. The molecule has 38 heavy (non-hydrogen) atoms. The molecule has 1 aliphatic carbocycles. The predicted molar refractivity (Wildman–Crippen MR) is 140 cm³/mol. The monoisotopic (exact) mass is 521 g/mol. The van der Waals surface area contributed by atoms with E-state index in [-0.39, 0.29) is 24.3 Å². The molecule has 2 atom stereocenters. The van der Waals surface area contributed by atoms with Gasteiger partial charge in [-0.25, -0.2) is 0 Å². The number of likely N-dealkylation sites (tertiary alicyclic amines) is 1. The lowest BCUT2D eigenvalue weighted by Crippen LogP contribution is -2.51. The van der Waals surface area contributed by atoms with Gasteiger partial charge in [-0.05, 0) is 55.2 Å². The van der Waals surface area contributed by atoms with Gasteiger partial charge in [0.1, 0.15) is 11.5 Å². The fourth-order valence-corrected chi connectivity index (χ4v) is 5.51. The third-order valence-corrected chi connectivity index (χ3v) is 7.84. The van der Waals surface area contributed by atoms with E-state index in [0.29, 0.717) is 43.4 Å². The Balaban J connectivity index is 1.41. The first-order chi connectivity index (χ1) is 18.3. The summed E-state index contributed by atoms with van der Waals surface area (Å²) in [6.45, 7) is 3.22. The van der Waals surface area contributed by atoms with Crippen LogP contribution in [0.5, 0.6) is 11.5 Å². The van der Waals surface area contributed by atoms with E-state index >= 15 is 0 Å². The number of carbonyl (C=O) groups excluding carboxylic acids is 3. The Labute approximate surface area is 223 Å². The molecule has 0 unspecified atom stereocenters. The van der Waals surface area contributed by atoms with Gasteiger partial charge in [-0.2, -0.15) is 0 Å². The van der Waals surface area contributed by atoms with Crippen LogP contribution < -0.4 is 10.1 Å². The van der Waals surface area contributed by atoms with Gasteiger partial charge in [0.15, 0.2) is 0 Å². The topological polar surface area (TPSA) is 97.4 Å². The Kier molecular flexibility index (Phi) is 7.40. The van der Waals surface area contributed by atoms with Crippen molar-refractivity contribution in [2.45, 2.75) is 44.9 Å². The van der Waals surface area contributed by atoms with Gasteiger partial charge < -0.3 is 29.3 Å². The van der Waals surface area contributed by atoms with E-state index in [1.54, 1.807) is 31.2 Å². The molecule has 9 heteroatoms. The van der Waals surface area contributed by atoms with E-state index in [4.69, 9.17) is 14.2 Å². The van der Waals surface area contributed by atoms with E-state index in [2.05, 4.69) is 5.32 Å². The van der Waals surface area contributed by atoms with Gasteiger partial charge in [0.05, 0.1) is 37.3 Å². The van der Waals surface area contributed by atoms with Crippen molar-refractivity contribution in [3.05, 3.63) is 59.2 Å². The van der Waals surface area contributed by atoms with E-state index in [1.165, 1.54) is 4.90 Å². The van der Waals surface area contributed by atoms with Crippen molar-refractivity contribution in [3.8, 4) is 11.5 Å². The summed E-state index contributed by atoms with van der Waals surface area (Å²) in [6, 6.07) is 12.5.